The average Bonchev–Trinajstić information content (AvgIpc) is 3.12. The monoisotopic (exact) mass is 322 g/mol. The smallest absolute Gasteiger partial charge is 0.359 e. The van der Waals surface area contributed by atoms with Crippen molar-refractivity contribution in [3.8, 4) is 11.1 Å². The van der Waals surface area contributed by atoms with Crippen LogP contribution in [0.1, 0.15) is 10.5 Å². The number of nitrogens with two attached hydrogens (primary N) is 1. The number of esters is 1. The number of ether oxygens (including phenoxy) is 1. The van der Waals surface area contributed by atoms with Crippen LogP contribution in [0.15, 0.2) is 36.5 Å². The molecule has 4 aromatic rings. The minimum Gasteiger partial charge on any atom is -0.464 e. The summed E-state index contributed by atoms with van der Waals surface area (Å²) in [5.41, 5.74) is 9.30. The van der Waals surface area contributed by atoms with Crippen molar-refractivity contribution in [2.75, 3.05) is 12.8 Å². The van der Waals surface area contributed by atoms with Crippen molar-refractivity contribution < 1.29 is 9.53 Å². The Hall–Kier alpha value is -3.42. The van der Waals surface area contributed by atoms with Crippen LogP contribution in [-0.2, 0) is 11.8 Å². The number of carbonyl (C=O) groups is 1. The van der Waals surface area contributed by atoms with Crippen LogP contribution in [0.3, 0.4) is 0 Å². The lowest BCUT2D eigenvalue weighted by Crippen LogP contribution is -2.03. The minimum absolute atomic E-state index is 0.225. The van der Waals surface area contributed by atoms with Gasteiger partial charge in [0.1, 0.15) is 0 Å². The number of carbonyl (C=O) groups excluding carboxylic acids is 1. The quantitative estimate of drug-likeness (QED) is 0.563. The molecule has 0 aliphatic heterocycles. The van der Waals surface area contributed by atoms with Gasteiger partial charge in [0.2, 0.25) is 5.95 Å². The van der Waals surface area contributed by atoms with Crippen molar-refractivity contribution in [3.05, 3.63) is 42.2 Å². The highest BCUT2D eigenvalue weighted by atomic mass is 16.5. The van der Waals surface area contributed by atoms with Gasteiger partial charge in [-0.2, -0.15) is 10.1 Å². The molecule has 0 bridgehead atoms. The molecule has 0 fully saturated rings. The molecule has 1 aromatic carbocycles. The van der Waals surface area contributed by atoms with Crippen molar-refractivity contribution in [1.29, 1.82) is 0 Å². The van der Waals surface area contributed by atoms with E-state index in [9.17, 15) is 4.79 Å². The highest BCUT2D eigenvalue weighted by Crippen LogP contribution is 2.27. The number of rotatable bonds is 2. The number of benzene rings is 1. The number of hydrogen-bond acceptors (Lipinski definition) is 6. The second-order valence-electron chi connectivity index (χ2n) is 5.38. The van der Waals surface area contributed by atoms with Gasteiger partial charge in [-0.05, 0) is 35.4 Å². The molecule has 0 spiro atoms. The molecule has 0 amide bonds. The number of fused-ring (bicyclic) bond motifs is 2. The molecule has 0 radical (unpaired) electrons. The molecule has 3 aromatic heterocycles. The Labute approximate surface area is 136 Å². The Morgan fingerprint density at radius 1 is 1.17 bits per heavy atom. The molecule has 120 valence electrons. The predicted molar refractivity (Wildman–Crippen MR) is 88.4 cm³/mol. The molecule has 0 unspecified atom stereocenters. The molecule has 8 nitrogen and oxygen atoms in total. The molecule has 0 aliphatic carbocycles. The van der Waals surface area contributed by atoms with Gasteiger partial charge in [-0.25, -0.2) is 9.31 Å². The Bertz CT molecular complexity index is 1090. The van der Waals surface area contributed by atoms with Crippen LogP contribution in [0, 0.1) is 0 Å². The third-order valence-electron chi connectivity index (χ3n) is 3.92. The number of hydrogen-bond donors (Lipinski definition) is 1. The lowest BCUT2D eigenvalue weighted by atomic mass is 10.0. The first-order valence-corrected chi connectivity index (χ1v) is 7.24. The van der Waals surface area contributed by atoms with E-state index < -0.39 is 5.97 Å². The maximum Gasteiger partial charge on any atom is 0.359 e. The van der Waals surface area contributed by atoms with Crippen LogP contribution in [-0.4, -0.2) is 37.5 Å². The molecule has 8 heteroatoms. The topological polar surface area (TPSA) is 100 Å². The van der Waals surface area contributed by atoms with Crippen LogP contribution in [0.25, 0.3) is 27.7 Å². The standard InChI is InChI=1S/C16H14N6O2/c1-21-12-4-3-9(7-11(12)14(19-21)15(23)24-2)10-5-6-22-13(8-10)18-16(17)20-22/h3-8H,1-2H3,(H2,17,20). The largest absolute Gasteiger partial charge is 0.464 e. The zero-order valence-corrected chi connectivity index (χ0v) is 13.1. The molecular formula is C16H14N6O2. The van der Waals surface area contributed by atoms with E-state index in [-0.39, 0.29) is 5.95 Å². The summed E-state index contributed by atoms with van der Waals surface area (Å²) in [5, 5.41) is 9.04. The van der Waals surface area contributed by atoms with Gasteiger partial charge in [0, 0.05) is 18.6 Å². The van der Waals surface area contributed by atoms with E-state index in [1.54, 1.807) is 22.4 Å². The number of pyridine rings is 1. The highest BCUT2D eigenvalue weighted by Gasteiger charge is 2.17. The van der Waals surface area contributed by atoms with Gasteiger partial charge in [0.25, 0.3) is 0 Å². The second kappa shape index (κ2) is 5.05. The number of nitrogen functional groups attached to an aromatic ring is 1. The highest BCUT2D eigenvalue weighted by molar-refractivity contribution is 6.03. The number of anilines is 1. The van der Waals surface area contributed by atoms with Crippen LogP contribution >= 0.6 is 0 Å². The van der Waals surface area contributed by atoms with Crippen molar-refractivity contribution in [2.45, 2.75) is 0 Å². The van der Waals surface area contributed by atoms with Crippen LogP contribution in [0.2, 0.25) is 0 Å². The second-order valence-corrected chi connectivity index (χ2v) is 5.38. The molecule has 0 aliphatic rings. The Balaban J connectivity index is 1.90. The fourth-order valence-electron chi connectivity index (χ4n) is 2.77. The fraction of sp³-hybridized carbons (Fsp3) is 0.125. The van der Waals surface area contributed by atoms with Gasteiger partial charge < -0.3 is 10.5 Å². The van der Waals surface area contributed by atoms with Gasteiger partial charge in [0.05, 0.1) is 12.6 Å². The summed E-state index contributed by atoms with van der Waals surface area (Å²) >= 11 is 0. The summed E-state index contributed by atoms with van der Waals surface area (Å²) in [6.07, 6.45) is 1.79. The first-order valence-electron chi connectivity index (χ1n) is 7.24. The van der Waals surface area contributed by atoms with Crippen LogP contribution in [0.5, 0.6) is 0 Å². The van der Waals surface area contributed by atoms with E-state index in [1.807, 2.05) is 30.3 Å². The Morgan fingerprint density at radius 3 is 2.75 bits per heavy atom. The number of aryl methyl sites for hydroxylation is 1. The summed E-state index contributed by atoms with van der Waals surface area (Å²) < 4.78 is 8.09. The van der Waals surface area contributed by atoms with E-state index in [1.165, 1.54) is 7.11 Å². The normalized spacial score (nSPS) is 11.2. The third kappa shape index (κ3) is 2.08. The SMILES string of the molecule is COC(=O)c1nn(C)c2ccc(-c3ccn4nc(N)nc4c3)cc12. The number of aromatic nitrogens is 5. The van der Waals surface area contributed by atoms with E-state index in [2.05, 4.69) is 15.2 Å². The van der Waals surface area contributed by atoms with E-state index in [4.69, 9.17) is 10.5 Å². The van der Waals surface area contributed by atoms with Crippen molar-refractivity contribution >= 4 is 28.5 Å². The molecular weight excluding hydrogens is 308 g/mol. The molecule has 0 saturated carbocycles. The molecule has 4 rings (SSSR count). The van der Waals surface area contributed by atoms with Crippen molar-refractivity contribution in [3.63, 3.8) is 0 Å². The number of nitrogens with zero attached hydrogens (tertiary/aromatic N) is 5. The molecule has 0 atom stereocenters. The van der Waals surface area contributed by atoms with Crippen molar-refractivity contribution in [2.24, 2.45) is 7.05 Å². The summed E-state index contributed by atoms with van der Waals surface area (Å²) in [4.78, 5) is 16.1. The maximum absolute atomic E-state index is 11.9. The fourth-order valence-corrected chi connectivity index (χ4v) is 2.77. The first-order chi connectivity index (χ1) is 11.6. The first kappa shape index (κ1) is 14.2. The van der Waals surface area contributed by atoms with Gasteiger partial charge >= 0.3 is 5.97 Å². The molecule has 24 heavy (non-hydrogen) atoms. The summed E-state index contributed by atoms with van der Waals surface area (Å²) in [7, 11) is 3.13. The summed E-state index contributed by atoms with van der Waals surface area (Å²) in [5.74, 6) is -0.235. The maximum atomic E-state index is 11.9. The lowest BCUT2D eigenvalue weighted by molar-refractivity contribution is 0.0595. The lowest BCUT2D eigenvalue weighted by Gasteiger charge is -2.03. The summed E-state index contributed by atoms with van der Waals surface area (Å²) in [6, 6.07) is 9.61. The molecule has 2 N–H and O–H groups in total. The minimum atomic E-state index is -0.460. The van der Waals surface area contributed by atoms with E-state index in [0.717, 1.165) is 22.0 Å². The van der Waals surface area contributed by atoms with Crippen molar-refractivity contribution in [1.82, 2.24) is 24.4 Å². The van der Waals surface area contributed by atoms with E-state index in [0.29, 0.717) is 11.3 Å². The van der Waals surface area contributed by atoms with Crippen LogP contribution in [0.4, 0.5) is 5.95 Å². The van der Waals surface area contributed by atoms with Gasteiger partial charge in [0.15, 0.2) is 11.3 Å². The van der Waals surface area contributed by atoms with E-state index >= 15 is 0 Å². The third-order valence-corrected chi connectivity index (χ3v) is 3.92. The predicted octanol–water partition coefficient (Wildman–Crippen LogP) is 1.65. The number of methoxy groups -OCH3 is 1. The average molecular weight is 322 g/mol. The van der Waals surface area contributed by atoms with Crippen LogP contribution < -0.4 is 5.73 Å². The zero-order chi connectivity index (χ0) is 16.8. The van der Waals surface area contributed by atoms with Gasteiger partial charge in [-0.15, -0.1) is 5.10 Å². The molecule has 0 saturated heterocycles. The summed E-state index contributed by atoms with van der Waals surface area (Å²) in [6.45, 7) is 0. The Morgan fingerprint density at radius 2 is 1.96 bits per heavy atom. The van der Waals surface area contributed by atoms with Gasteiger partial charge in [-0.1, -0.05) is 6.07 Å². The van der Waals surface area contributed by atoms with Gasteiger partial charge in [-0.3, -0.25) is 4.68 Å². The Kier molecular flexibility index (Phi) is 2.99. The zero-order valence-electron chi connectivity index (χ0n) is 13.1. The molecule has 3 heterocycles.